The summed E-state index contributed by atoms with van der Waals surface area (Å²) in [4.78, 5) is 22.3. The summed E-state index contributed by atoms with van der Waals surface area (Å²) < 4.78 is 0.214. The Balaban J connectivity index is 2.30. The van der Waals surface area contributed by atoms with Crippen molar-refractivity contribution in [3.63, 3.8) is 0 Å². The molecule has 18 heavy (non-hydrogen) atoms. The molecule has 0 saturated heterocycles. The maximum Gasteiger partial charge on any atom is 0.303 e. The summed E-state index contributed by atoms with van der Waals surface area (Å²) in [5.74, 6) is -0.966. The highest BCUT2D eigenvalue weighted by molar-refractivity contribution is 8.00. The van der Waals surface area contributed by atoms with E-state index in [0.29, 0.717) is 13.0 Å². The van der Waals surface area contributed by atoms with E-state index in [1.54, 1.807) is 6.92 Å². The van der Waals surface area contributed by atoms with Crippen molar-refractivity contribution in [2.45, 2.75) is 50.2 Å². The van der Waals surface area contributed by atoms with Crippen LogP contribution in [0.4, 0.5) is 0 Å². The first-order valence-electron chi connectivity index (χ1n) is 6.51. The molecule has 1 saturated carbocycles. The molecular formula is C13H23NO3S. The van der Waals surface area contributed by atoms with E-state index >= 15 is 0 Å². The molecule has 0 aromatic heterocycles. The molecule has 0 bridgehead atoms. The third-order valence-electron chi connectivity index (χ3n) is 3.61. The number of nitrogens with one attached hydrogen (secondary N) is 1. The van der Waals surface area contributed by atoms with Gasteiger partial charge in [-0.25, -0.2) is 0 Å². The summed E-state index contributed by atoms with van der Waals surface area (Å²) in [6, 6.07) is 0. The Morgan fingerprint density at radius 2 is 1.94 bits per heavy atom. The molecule has 1 amide bonds. The molecule has 2 N–H and O–H groups in total. The van der Waals surface area contributed by atoms with Crippen molar-refractivity contribution in [2.24, 2.45) is 5.92 Å². The molecule has 0 heterocycles. The number of carboxylic acids is 1. The van der Waals surface area contributed by atoms with Gasteiger partial charge < -0.3 is 10.4 Å². The second-order valence-electron chi connectivity index (χ2n) is 5.28. The van der Waals surface area contributed by atoms with Crippen LogP contribution in [0.1, 0.15) is 45.4 Å². The van der Waals surface area contributed by atoms with Crippen LogP contribution in [0.2, 0.25) is 0 Å². The Morgan fingerprint density at radius 1 is 1.33 bits per heavy atom. The largest absolute Gasteiger partial charge is 0.481 e. The highest BCUT2D eigenvalue weighted by Crippen LogP contribution is 2.39. The second-order valence-corrected chi connectivity index (χ2v) is 6.55. The van der Waals surface area contributed by atoms with Crippen LogP contribution in [-0.2, 0) is 9.59 Å². The molecule has 1 aliphatic carbocycles. The Hall–Kier alpha value is -0.710. The zero-order chi connectivity index (χ0) is 13.6. The van der Waals surface area contributed by atoms with Crippen LogP contribution in [0.25, 0.3) is 0 Å². The van der Waals surface area contributed by atoms with E-state index in [1.807, 2.05) is 11.8 Å². The number of carboxylic acid groups (broad SMARTS) is 1. The summed E-state index contributed by atoms with van der Waals surface area (Å²) in [5, 5.41) is 11.6. The molecule has 0 spiro atoms. The third kappa shape index (κ3) is 4.88. The summed E-state index contributed by atoms with van der Waals surface area (Å²) in [5.41, 5.74) is 0. The zero-order valence-electron chi connectivity index (χ0n) is 11.2. The van der Waals surface area contributed by atoms with Crippen molar-refractivity contribution < 1.29 is 14.7 Å². The van der Waals surface area contributed by atoms with E-state index in [4.69, 9.17) is 5.11 Å². The fraction of sp³-hybridized carbons (Fsp3) is 0.846. The number of carbonyl (C=O) groups excluding carboxylic acids is 1. The van der Waals surface area contributed by atoms with Gasteiger partial charge in [0.05, 0.1) is 0 Å². The first kappa shape index (κ1) is 15.3. The number of hydrogen-bond donors (Lipinski definition) is 2. The van der Waals surface area contributed by atoms with Crippen LogP contribution < -0.4 is 5.32 Å². The lowest BCUT2D eigenvalue weighted by Gasteiger charge is -2.27. The maximum absolute atomic E-state index is 11.7. The molecule has 0 radical (unpaired) electrons. The van der Waals surface area contributed by atoms with Crippen molar-refractivity contribution in [3.8, 4) is 0 Å². The minimum atomic E-state index is -0.841. The minimum Gasteiger partial charge on any atom is -0.481 e. The van der Waals surface area contributed by atoms with Gasteiger partial charge in [-0.3, -0.25) is 9.59 Å². The smallest absolute Gasteiger partial charge is 0.303 e. The predicted molar refractivity (Wildman–Crippen MR) is 73.8 cm³/mol. The van der Waals surface area contributed by atoms with E-state index in [2.05, 4.69) is 11.6 Å². The van der Waals surface area contributed by atoms with Gasteiger partial charge in [0.1, 0.15) is 0 Å². The highest BCUT2D eigenvalue weighted by Gasteiger charge is 2.33. The molecule has 1 fully saturated rings. The lowest BCUT2D eigenvalue weighted by atomic mass is 10.0. The van der Waals surface area contributed by atoms with E-state index in [9.17, 15) is 9.59 Å². The Bertz CT molecular complexity index is 301. The number of thioether (sulfide) groups is 1. The summed E-state index contributed by atoms with van der Waals surface area (Å²) in [6.45, 7) is 2.51. The van der Waals surface area contributed by atoms with Crippen LogP contribution >= 0.6 is 11.8 Å². The van der Waals surface area contributed by atoms with E-state index < -0.39 is 5.97 Å². The third-order valence-corrected chi connectivity index (χ3v) is 5.03. The van der Waals surface area contributed by atoms with E-state index in [1.165, 1.54) is 25.7 Å². The summed E-state index contributed by atoms with van der Waals surface area (Å²) in [6.07, 6.45) is 7.28. The molecule has 104 valence electrons. The van der Waals surface area contributed by atoms with Crippen LogP contribution in [0.15, 0.2) is 0 Å². The molecule has 1 unspecified atom stereocenters. The first-order chi connectivity index (χ1) is 8.47. The molecular weight excluding hydrogens is 250 g/mol. The van der Waals surface area contributed by atoms with Crippen molar-refractivity contribution in [1.29, 1.82) is 0 Å². The van der Waals surface area contributed by atoms with Gasteiger partial charge in [0.15, 0.2) is 0 Å². The summed E-state index contributed by atoms with van der Waals surface area (Å²) in [7, 11) is 0. The Morgan fingerprint density at radius 3 is 2.44 bits per heavy atom. The standard InChI is InChI=1S/C13H23NO3S/c1-10(8-12(16)17)7-11(15)14-9-13(18-2)5-3-4-6-13/h10H,3-9H2,1-2H3,(H,14,15)(H,16,17). The molecule has 1 atom stereocenters. The fourth-order valence-corrected chi connectivity index (χ4v) is 3.40. The Labute approximate surface area is 113 Å². The average molecular weight is 273 g/mol. The van der Waals surface area contributed by atoms with Gasteiger partial charge in [0.2, 0.25) is 5.91 Å². The van der Waals surface area contributed by atoms with Crippen LogP contribution in [-0.4, -0.2) is 34.5 Å². The summed E-state index contributed by atoms with van der Waals surface area (Å²) >= 11 is 1.84. The quantitative estimate of drug-likeness (QED) is 0.747. The molecule has 0 aromatic rings. The van der Waals surface area contributed by atoms with Gasteiger partial charge in [-0.05, 0) is 25.0 Å². The zero-order valence-corrected chi connectivity index (χ0v) is 12.0. The fourth-order valence-electron chi connectivity index (χ4n) is 2.49. The molecule has 0 aromatic carbocycles. The van der Waals surface area contributed by atoms with Gasteiger partial charge in [-0.2, -0.15) is 11.8 Å². The molecule has 0 aliphatic heterocycles. The number of hydrogen-bond acceptors (Lipinski definition) is 3. The van der Waals surface area contributed by atoms with Crippen molar-refractivity contribution in [1.82, 2.24) is 5.32 Å². The van der Waals surface area contributed by atoms with E-state index in [0.717, 1.165) is 0 Å². The van der Waals surface area contributed by atoms with E-state index in [-0.39, 0.29) is 23.0 Å². The maximum atomic E-state index is 11.7. The molecule has 1 rings (SSSR count). The Kier molecular flexibility index (Phi) is 5.99. The lowest BCUT2D eigenvalue weighted by Crippen LogP contribution is -2.39. The number of aliphatic carboxylic acids is 1. The monoisotopic (exact) mass is 273 g/mol. The predicted octanol–water partition coefficient (Wildman–Crippen LogP) is 2.28. The number of amides is 1. The van der Waals surface area contributed by atoms with Crippen LogP contribution in [0, 0.1) is 5.92 Å². The van der Waals surface area contributed by atoms with Gasteiger partial charge in [0, 0.05) is 24.1 Å². The van der Waals surface area contributed by atoms with Gasteiger partial charge in [-0.1, -0.05) is 19.8 Å². The SMILES string of the molecule is CSC1(CNC(=O)CC(C)CC(=O)O)CCCC1. The first-order valence-corrected chi connectivity index (χ1v) is 7.73. The number of rotatable bonds is 7. The van der Waals surface area contributed by atoms with Crippen molar-refractivity contribution in [2.75, 3.05) is 12.8 Å². The highest BCUT2D eigenvalue weighted by atomic mass is 32.2. The molecule has 1 aliphatic rings. The molecule has 5 heteroatoms. The topological polar surface area (TPSA) is 66.4 Å². The minimum absolute atomic E-state index is 0.0240. The normalized spacial score (nSPS) is 19.4. The van der Waals surface area contributed by atoms with Gasteiger partial charge >= 0.3 is 5.97 Å². The van der Waals surface area contributed by atoms with Crippen molar-refractivity contribution in [3.05, 3.63) is 0 Å². The van der Waals surface area contributed by atoms with Crippen molar-refractivity contribution >= 4 is 23.6 Å². The lowest BCUT2D eigenvalue weighted by molar-refractivity contribution is -0.138. The van der Waals surface area contributed by atoms with Gasteiger partial charge in [0.25, 0.3) is 0 Å². The average Bonchev–Trinajstić information content (AvgIpc) is 2.74. The number of carbonyl (C=O) groups is 2. The van der Waals surface area contributed by atoms with Crippen LogP contribution in [0.5, 0.6) is 0 Å². The van der Waals surface area contributed by atoms with Gasteiger partial charge in [-0.15, -0.1) is 0 Å². The second kappa shape index (κ2) is 7.02. The molecule has 4 nitrogen and oxygen atoms in total. The van der Waals surface area contributed by atoms with Crippen LogP contribution in [0.3, 0.4) is 0 Å².